The minimum atomic E-state index is -0.751. The first-order valence-corrected chi connectivity index (χ1v) is 8.35. The molecule has 0 saturated carbocycles. The van der Waals surface area contributed by atoms with E-state index in [9.17, 15) is 9.59 Å². The Bertz CT molecular complexity index is 810. The highest BCUT2D eigenvalue weighted by atomic mass is 79.9. The van der Waals surface area contributed by atoms with E-state index < -0.39 is 6.04 Å². The van der Waals surface area contributed by atoms with E-state index in [2.05, 4.69) is 26.2 Å². The number of aromatic nitrogens is 1. The van der Waals surface area contributed by atoms with Gasteiger partial charge in [0.15, 0.2) is 18.2 Å². The Balaban J connectivity index is 1.81. The Morgan fingerprint density at radius 3 is 2.72 bits per heavy atom. The lowest BCUT2D eigenvalue weighted by molar-refractivity contribution is -0.125. The molecule has 1 aromatic carbocycles. The van der Waals surface area contributed by atoms with Gasteiger partial charge in [0.1, 0.15) is 16.4 Å². The van der Waals surface area contributed by atoms with Gasteiger partial charge in [-0.1, -0.05) is 0 Å². The predicted octanol–water partition coefficient (Wildman–Crippen LogP) is 2.61. The average molecular weight is 406 g/mol. The fourth-order valence-electron chi connectivity index (χ4n) is 2.46. The number of fused-ring (bicyclic) bond motifs is 1. The van der Waals surface area contributed by atoms with Crippen molar-refractivity contribution < 1.29 is 19.1 Å². The number of amides is 2. The van der Waals surface area contributed by atoms with Crippen molar-refractivity contribution in [2.45, 2.75) is 13.0 Å². The van der Waals surface area contributed by atoms with Crippen LogP contribution in [0.4, 0.5) is 11.5 Å². The van der Waals surface area contributed by atoms with E-state index in [-0.39, 0.29) is 18.4 Å². The first-order chi connectivity index (χ1) is 12.0. The SMILES string of the molecule is COc1ccc(NC(=O)C(C)N2C(=O)COc3ccc(Br)nc32)cc1. The van der Waals surface area contributed by atoms with Gasteiger partial charge in [0, 0.05) is 5.69 Å². The van der Waals surface area contributed by atoms with E-state index in [1.54, 1.807) is 50.4 Å². The number of hydrogen-bond donors (Lipinski definition) is 1. The number of methoxy groups -OCH3 is 1. The molecule has 0 aliphatic carbocycles. The first-order valence-electron chi connectivity index (χ1n) is 7.56. The summed E-state index contributed by atoms with van der Waals surface area (Å²) in [4.78, 5) is 30.5. The lowest BCUT2D eigenvalue weighted by Crippen LogP contribution is -2.50. The molecule has 1 aliphatic heterocycles. The van der Waals surface area contributed by atoms with Crippen molar-refractivity contribution in [1.29, 1.82) is 0 Å². The molecule has 1 N–H and O–H groups in total. The van der Waals surface area contributed by atoms with Crippen molar-refractivity contribution in [3.63, 3.8) is 0 Å². The molecule has 3 rings (SSSR count). The molecule has 0 fully saturated rings. The zero-order chi connectivity index (χ0) is 18.0. The van der Waals surface area contributed by atoms with Gasteiger partial charge in [-0.2, -0.15) is 0 Å². The molecule has 2 amide bonds. The van der Waals surface area contributed by atoms with Gasteiger partial charge in [0.05, 0.1) is 7.11 Å². The topological polar surface area (TPSA) is 80.8 Å². The van der Waals surface area contributed by atoms with E-state index in [1.165, 1.54) is 4.90 Å². The third-order valence-electron chi connectivity index (χ3n) is 3.78. The standard InChI is InChI=1S/C17H16BrN3O4/c1-10(17(23)19-11-3-5-12(24-2)6-4-11)21-15(22)9-25-13-7-8-14(18)20-16(13)21/h3-8,10H,9H2,1-2H3,(H,19,23). The largest absolute Gasteiger partial charge is 0.497 e. The number of carbonyl (C=O) groups is 2. The first kappa shape index (κ1) is 17.2. The van der Waals surface area contributed by atoms with E-state index >= 15 is 0 Å². The second kappa shape index (κ2) is 7.10. The predicted molar refractivity (Wildman–Crippen MR) is 96.0 cm³/mol. The lowest BCUT2D eigenvalue weighted by Gasteiger charge is -2.32. The molecule has 0 bridgehead atoms. The summed E-state index contributed by atoms with van der Waals surface area (Å²) >= 11 is 3.27. The second-order valence-corrected chi connectivity index (χ2v) is 6.21. The van der Waals surface area contributed by atoms with E-state index in [1.807, 2.05) is 0 Å². The Kier molecular flexibility index (Phi) is 4.89. The lowest BCUT2D eigenvalue weighted by atomic mass is 10.2. The van der Waals surface area contributed by atoms with E-state index in [0.29, 0.717) is 27.6 Å². The van der Waals surface area contributed by atoms with Gasteiger partial charge in [-0.05, 0) is 59.3 Å². The molecular weight excluding hydrogens is 390 g/mol. The normalized spacial score (nSPS) is 14.4. The van der Waals surface area contributed by atoms with Gasteiger partial charge in [-0.25, -0.2) is 4.98 Å². The molecule has 7 nitrogen and oxygen atoms in total. The van der Waals surface area contributed by atoms with Gasteiger partial charge in [-0.3, -0.25) is 14.5 Å². The number of halogens is 1. The highest BCUT2D eigenvalue weighted by Gasteiger charge is 2.34. The third-order valence-corrected chi connectivity index (χ3v) is 4.22. The maximum atomic E-state index is 12.6. The molecule has 1 unspecified atom stereocenters. The number of nitrogens with zero attached hydrogens (tertiary/aromatic N) is 2. The van der Waals surface area contributed by atoms with Crippen molar-refractivity contribution in [2.75, 3.05) is 23.9 Å². The maximum Gasteiger partial charge on any atom is 0.266 e. The van der Waals surface area contributed by atoms with E-state index in [0.717, 1.165) is 0 Å². The van der Waals surface area contributed by atoms with Gasteiger partial charge in [0.25, 0.3) is 5.91 Å². The van der Waals surface area contributed by atoms with Gasteiger partial charge in [-0.15, -0.1) is 0 Å². The van der Waals surface area contributed by atoms with Crippen molar-refractivity contribution in [3.05, 3.63) is 41.0 Å². The van der Waals surface area contributed by atoms with Crippen LogP contribution in [0.2, 0.25) is 0 Å². The Hall–Kier alpha value is -2.61. The van der Waals surface area contributed by atoms with Crippen LogP contribution in [0.1, 0.15) is 6.92 Å². The number of benzene rings is 1. The molecule has 130 valence electrons. The van der Waals surface area contributed by atoms with Crippen LogP contribution in [0.25, 0.3) is 0 Å². The van der Waals surface area contributed by atoms with Crippen LogP contribution in [-0.4, -0.2) is 36.6 Å². The van der Waals surface area contributed by atoms with E-state index in [4.69, 9.17) is 9.47 Å². The van der Waals surface area contributed by atoms with Crippen LogP contribution in [0.5, 0.6) is 11.5 Å². The monoisotopic (exact) mass is 405 g/mol. The Labute approximate surface area is 153 Å². The molecule has 0 radical (unpaired) electrons. The van der Waals surface area contributed by atoms with Gasteiger partial charge >= 0.3 is 0 Å². The number of rotatable bonds is 4. The molecular formula is C17H16BrN3O4. The van der Waals surface area contributed by atoms with Crippen LogP contribution in [0.15, 0.2) is 41.0 Å². The summed E-state index contributed by atoms with van der Waals surface area (Å²) in [6, 6.07) is 9.62. The third kappa shape index (κ3) is 3.58. The summed E-state index contributed by atoms with van der Waals surface area (Å²) < 4.78 is 11.0. The second-order valence-electron chi connectivity index (χ2n) is 5.40. The quantitative estimate of drug-likeness (QED) is 0.790. The maximum absolute atomic E-state index is 12.6. The van der Waals surface area contributed by atoms with Crippen LogP contribution in [-0.2, 0) is 9.59 Å². The van der Waals surface area contributed by atoms with Crippen LogP contribution in [0.3, 0.4) is 0 Å². The highest BCUT2D eigenvalue weighted by Crippen LogP contribution is 2.33. The zero-order valence-electron chi connectivity index (χ0n) is 13.7. The van der Waals surface area contributed by atoms with Crippen LogP contribution < -0.4 is 19.7 Å². The molecule has 2 heterocycles. The fourth-order valence-corrected chi connectivity index (χ4v) is 2.76. The number of pyridine rings is 1. The van der Waals surface area contributed by atoms with Gasteiger partial charge < -0.3 is 14.8 Å². The number of nitrogens with one attached hydrogen (secondary N) is 1. The summed E-state index contributed by atoms with van der Waals surface area (Å²) in [5, 5.41) is 2.79. The summed E-state index contributed by atoms with van der Waals surface area (Å²) in [7, 11) is 1.57. The summed E-state index contributed by atoms with van der Waals surface area (Å²) in [6.45, 7) is 1.52. The summed E-state index contributed by atoms with van der Waals surface area (Å²) in [6.07, 6.45) is 0. The Morgan fingerprint density at radius 1 is 1.32 bits per heavy atom. The molecule has 25 heavy (non-hydrogen) atoms. The minimum absolute atomic E-state index is 0.129. The zero-order valence-corrected chi connectivity index (χ0v) is 15.2. The molecule has 1 atom stereocenters. The van der Waals surface area contributed by atoms with Crippen molar-refractivity contribution in [2.24, 2.45) is 0 Å². The number of ether oxygens (including phenoxy) is 2. The molecule has 2 aromatic rings. The molecule has 8 heteroatoms. The molecule has 0 saturated heterocycles. The molecule has 0 spiro atoms. The van der Waals surface area contributed by atoms with Crippen molar-refractivity contribution in [1.82, 2.24) is 4.98 Å². The number of hydrogen-bond acceptors (Lipinski definition) is 5. The highest BCUT2D eigenvalue weighted by molar-refractivity contribution is 9.10. The van der Waals surface area contributed by atoms with Crippen LogP contribution >= 0.6 is 15.9 Å². The summed E-state index contributed by atoms with van der Waals surface area (Å²) in [5.74, 6) is 0.830. The smallest absolute Gasteiger partial charge is 0.266 e. The Morgan fingerprint density at radius 2 is 2.04 bits per heavy atom. The van der Waals surface area contributed by atoms with Crippen molar-refractivity contribution >= 4 is 39.2 Å². The van der Waals surface area contributed by atoms with Gasteiger partial charge in [0.2, 0.25) is 5.91 Å². The van der Waals surface area contributed by atoms with Crippen molar-refractivity contribution in [3.8, 4) is 11.5 Å². The minimum Gasteiger partial charge on any atom is -0.497 e. The number of carbonyl (C=O) groups excluding carboxylic acids is 2. The fraction of sp³-hybridized carbons (Fsp3) is 0.235. The summed E-state index contributed by atoms with van der Waals surface area (Å²) in [5.41, 5.74) is 0.612. The number of anilines is 2. The van der Waals surface area contributed by atoms with Crippen LogP contribution in [0, 0.1) is 0 Å². The molecule has 1 aliphatic rings. The molecule has 1 aromatic heterocycles. The average Bonchev–Trinajstić information content (AvgIpc) is 2.61.